The third-order valence-electron chi connectivity index (χ3n) is 3.52. The highest BCUT2D eigenvalue weighted by Crippen LogP contribution is 2.19. The lowest BCUT2D eigenvalue weighted by molar-refractivity contribution is 0.563. The van der Waals surface area contributed by atoms with Crippen LogP contribution in [0.2, 0.25) is 0 Å². The molecule has 0 radical (unpaired) electrons. The summed E-state index contributed by atoms with van der Waals surface area (Å²) in [7, 11) is 0. The van der Waals surface area contributed by atoms with E-state index in [0.29, 0.717) is 11.8 Å². The quantitative estimate of drug-likeness (QED) is 0.589. The molecule has 1 aromatic rings. The van der Waals surface area contributed by atoms with Gasteiger partial charge in [-0.05, 0) is 31.4 Å². The van der Waals surface area contributed by atoms with Crippen LogP contribution in [0.3, 0.4) is 0 Å². The van der Waals surface area contributed by atoms with Crippen LogP contribution in [0.25, 0.3) is 0 Å². The summed E-state index contributed by atoms with van der Waals surface area (Å²) in [5, 5.41) is 11.7. The Hall–Kier alpha value is -1.38. The SMILES string of the molecule is CCCCC(CCC)Nc1ncccc1C(=N)CCC. The van der Waals surface area contributed by atoms with Crippen LogP contribution >= 0.6 is 0 Å². The molecule has 0 bridgehead atoms. The van der Waals surface area contributed by atoms with E-state index in [2.05, 4.69) is 31.1 Å². The molecular weight excluding hydrogens is 246 g/mol. The number of hydrogen-bond acceptors (Lipinski definition) is 3. The zero-order valence-electron chi connectivity index (χ0n) is 13.2. The van der Waals surface area contributed by atoms with Crippen molar-refractivity contribution in [3.8, 4) is 0 Å². The van der Waals surface area contributed by atoms with Gasteiger partial charge < -0.3 is 10.7 Å². The van der Waals surface area contributed by atoms with Gasteiger partial charge in [0.1, 0.15) is 5.82 Å². The highest BCUT2D eigenvalue weighted by atomic mass is 15.0. The van der Waals surface area contributed by atoms with Gasteiger partial charge in [-0.1, -0.05) is 46.5 Å². The molecule has 0 spiro atoms. The van der Waals surface area contributed by atoms with Crippen molar-refractivity contribution in [2.75, 3.05) is 5.32 Å². The van der Waals surface area contributed by atoms with Gasteiger partial charge in [-0.2, -0.15) is 0 Å². The second-order valence-electron chi connectivity index (χ2n) is 5.40. The summed E-state index contributed by atoms with van der Waals surface area (Å²) in [6.45, 7) is 6.56. The summed E-state index contributed by atoms with van der Waals surface area (Å²) in [6.07, 6.45) is 9.62. The molecule has 112 valence electrons. The smallest absolute Gasteiger partial charge is 0.135 e. The van der Waals surface area contributed by atoms with Gasteiger partial charge in [0.2, 0.25) is 0 Å². The topological polar surface area (TPSA) is 48.8 Å². The predicted molar refractivity (Wildman–Crippen MR) is 87.8 cm³/mol. The van der Waals surface area contributed by atoms with E-state index in [1.165, 1.54) is 25.7 Å². The molecule has 1 aromatic heterocycles. The zero-order valence-corrected chi connectivity index (χ0v) is 13.2. The maximum atomic E-state index is 8.17. The number of rotatable bonds is 10. The number of anilines is 1. The summed E-state index contributed by atoms with van der Waals surface area (Å²) >= 11 is 0. The van der Waals surface area contributed by atoms with Crippen molar-refractivity contribution in [2.24, 2.45) is 0 Å². The normalized spacial score (nSPS) is 12.2. The molecule has 1 unspecified atom stereocenters. The Balaban J connectivity index is 2.80. The minimum Gasteiger partial charge on any atom is -0.367 e. The first kappa shape index (κ1) is 16.7. The number of pyridine rings is 1. The number of nitrogens with one attached hydrogen (secondary N) is 2. The molecule has 0 saturated heterocycles. The summed E-state index contributed by atoms with van der Waals surface area (Å²) in [5.41, 5.74) is 1.65. The van der Waals surface area contributed by atoms with Gasteiger partial charge in [0.25, 0.3) is 0 Å². The molecule has 0 aliphatic rings. The molecule has 0 amide bonds. The Morgan fingerprint density at radius 2 is 2.00 bits per heavy atom. The molecule has 1 rings (SSSR count). The lowest BCUT2D eigenvalue weighted by Gasteiger charge is -2.20. The molecule has 2 N–H and O–H groups in total. The van der Waals surface area contributed by atoms with E-state index in [0.717, 1.165) is 30.6 Å². The molecule has 0 fully saturated rings. The van der Waals surface area contributed by atoms with Crippen LogP contribution in [-0.2, 0) is 0 Å². The molecule has 0 aliphatic carbocycles. The highest BCUT2D eigenvalue weighted by molar-refractivity contribution is 6.02. The molecule has 0 saturated carbocycles. The number of aromatic nitrogens is 1. The molecule has 1 atom stereocenters. The Morgan fingerprint density at radius 1 is 1.20 bits per heavy atom. The van der Waals surface area contributed by atoms with Crippen LogP contribution in [0, 0.1) is 5.41 Å². The molecule has 0 aromatic carbocycles. The lowest BCUT2D eigenvalue weighted by atomic mass is 10.0. The van der Waals surface area contributed by atoms with E-state index in [1.54, 1.807) is 0 Å². The van der Waals surface area contributed by atoms with Gasteiger partial charge in [-0.15, -0.1) is 0 Å². The number of hydrogen-bond donors (Lipinski definition) is 2. The Kier molecular flexibility index (Phi) is 7.93. The Labute approximate surface area is 123 Å². The lowest BCUT2D eigenvalue weighted by Crippen LogP contribution is -2.21. The van der Waals surface area contributed by atoms with Gasteiger partial charge >= 0.3 is 0 Å². The molecule has 3 nitrogen and oxygen atoms in total. The monoisotopic (exact) mass is 275 g/mol. The maximum absolute atomic E-state index is 8.17. The third-order valence-corrected chi connectivity index (χ3v) is 3.52. The predicted octanol–water partition coefficient (Wildman–Crippen LogP) is 5.02. The van der Waals surface area contributed by atoms with Crippen molar-refractivity contribution < 1.29 is 0 Å². The first-order valence-electron chi connectivity index (χ1n) is 8.02. The second kappa shape index (κ2) is 9.51. The van der Waals surface area contributed by atoms with E-state index in [1.807, 2.05) is 18.3 Å². The van der Waals surface area contributed by atoms with E-state index >= 15 is 0 Å². The van der Waals surface area contributed by atoms with E-state index in [9.17, 15) is 0 Å². The molecule has 0 aliphatic heterocycles. The molecule has 20 heavy (non-hydrogen) atoms. The second-order valence-corrected chi connectivity index (χ2v) is 5.40. The summed E-state index contributed by atoms with van der Waals surface area (Å²) in [5.74, 6) is 0.889. The summed E-state index contributed by atoms with van der Waals surface area (Å²) in [4.78, 5) is 4.46. The van der Waals surface area contributed by atoms with E-state index in [-0.39, 0.29) is 0 Å². The van der Waals surface area contributed by atoms with Crippen molar-refractivity contribution in [1.29, 1.82) is 5.41 Å². The van der Waals surface area contributed by atoms with Crippen LogP contribution in [0.15, 0.2) is 18.3 Å². The van der Waals surface area contributed by atoms with Crippen molar-refractivity contribution in [1.82, 2.24) is 4.98 Å². The molecule has 3 heteroatoms. The van der Waals surface area contributed by atoms with Crippen LogP contribution in [0.4, 0.5) is 5.82 Å². The van der Waals surface area contributed by atoms with E-state index in [4.69, 9.17) is 5.41 Å². The first-order chi connectivity index (χ1) is 9.72. The van der Waals surface area contributed by atoms with Gasteiger partial charge in [-0.3, -0.25) is 0 Å². The fourth-order valence-electron chi connectivity index (χ4n) is 2.43. The van der Waals surface area contributed by atoms with Crippen molar-refractivity contribution in [3.05, 3.63) is 23.9 Å². The first-order valence-corrected chi connectivity index (χ1v) is 8.02. The minimum absolute atomic E-state index is 0.475. The highest BCUT2D eigenvalue weighted by Gasteiger charge is 2.13. The van der Waals surface area contributed by atoms with Gasteiger partial charge in [0.05, 0.1) is 0 Å². The van der Waals surface area contributed by atoms with Gasteiger partial charge in [0, 0.05) is 23.5 Å². The fraction of sp³-hybridized carbons (Fsp3) is 0.647. The maximum Gasteiger partial charge on any atom is 0.135 e. The average molecular weight is 275 g/mol. The standard InChI is InChI=1S/C17H29N3/c1-4-7-11-14(9-5-2)20-17-15(12-8-13-19-17)16(18)10-6-3/h8,12-14,18H,4-7,9-11H2,1-3H3,(H,19,20). The molecule has 1 heterocycles. The third kappa shape index (κ3) is 5.32. The number of unbranched alkanes of at least 4 members (excludes halogenated alkanes) is 1. The van der Waals surface area contributed by atoms with Crippen molar-refractivity contribution >= 4 is 11.5 Å². The van der Waals surface area contributed by atoms with E-state index < -0.39 is 0 Å². The Morgan fingerprint density at radius 3 is 2.65 bits per heavy atom. The molecular formula is C17H29N3. The minimum atomic E-state index is 0.475. The zero-order chi connectivity index (χ0) is 14.8. The van der Waals surface area contributed by atoms with Crippen LogP contribution in [0.5, 0.6) is 0 Å². The summed E-state index contributed by atoms with van der Waals surface area (Å²) < 4.78 is 0. The van der Waals surface area contributed by atoms with Crippen molar-refractivity contribution in [2.45, 2.75) is 71.8 Å². The van der Waals surface area contributed by atoms with Gasteiger partial charge in [0.15, 0.2) is 0 Å². The number of nitrogens with zero attached hydrogens (tertiary/aromatic N) is 1. The van der Waals surface area contributed by atoms with Crippen LogP contribution in [0.1, 0.15) is 71.3 Å². The van der Waals surface area contributed by atoms with Gasteiger partial charge in [-0.25, -0.2) is 4.98 Å². The largest absolute Gasteiger partial charge is 0.367 e. The van der Waals surface area contributed by atoms with Crippen molar-refractivity contribution in [3.63, 3.8) is 0 Å². The average Bonchev–Trinajstić information content (AvgIpc) is 2.46. The summed E-state index contributed by atoms with van der Waals surface area (Å²) in [6, 6.07) is 4.41. The van der Waals surface area contributed by atoms with Crippen LogP contribution < -0.4 is 5.32 Å². The Bertz CT molecular complexity index is 401. The van der Waals surface area contributed by atoms with Crippen LogP contribution in [-0.4, -0.2) is 16.7 Å². The fourth-order valence-corrected chi connectivity index (χ4v) is 2.43.